The van der Waals surface area contributed by atoms with Crippen molar-refractivity contribution < 1.29 is 19.1 Å². The van der Waals surface area contributed by atoms with E-state index in [1.54, 1.807) is 0 Å². The number of nitrogens with zero attached hydrogens (tertiary/aromatic N) is 3. The minimum absolute atomic E-state index is 0.115. The largest absolute Gasteiger partial charge is 0.453 e. The van der Waals surface area contributed by atoms with Gasteiger partial charge < -0.3 is 29.7 Å². The van der Waals surface area contributed by atoms with Gasteiger partial charge in [-0.2, -0.15) is 0 Å². The zero-order valence-corrected chi connectivity index (χ0v) is 34.0. The Morgan fingerprint density at radius 3 is 2.54 bits per heavy atom. The van der Waals surface area contributed by atoms with E-state index in [1.807, 2.05) is 24.9 Å². The number of likely N-dealkylation sites (tertiary alicyclic amines) is 1. The van der Waals surface area contributed by atoms with Crippen molar-refractivity contribution in [2.45, 2.75) is 116 Å². The fourth-order valence-corrected chi connectivity index (χ4v) is 10.1. The number of hydrogen-bond donors (Lipinski definition) is 3. The maximum absolute atomic E-state index is 14.1. The van der Waals surface area contributed by atoms with E-state index in [4.69, 9.17) is 19.4 Å². The van der Waals surface area contributed by atoms with Gasteiger partial charge in [0.1, 0.15) is 17.7 Å². The molecule has 0 unspecified atom stereocenters. The van der Waals surface area contributed by atoms with Gasteiger partial charge in [-0.1, -0.05) is 95.8 Å². The third kappa shape index (κ3) is 7.78. The maximum atomic E-state index is 14.1. The molecule has 4 aromatic rings. The molecule has 0 radical (unpaired) electrons. The molecule has 2 aliphatic heterocycles. The second-order valence-electron chi connectivity index (χ2n) is 17.8. The summed E-state index contributed by atoms with van der Waals surface area (Å²) < 4.78 is 10.8. The number of H-pyrrole nitrogens is 2. The van der Waals surface area contributed by atoms with Gasteiger partial charge in [0.15, 0.2) is 0 Å². The number of benzene rings is 2. The van der Waals surface area contributed by atoms with Gasteiger partial charge in [0, 0.05) is 35.7 Å². The van der Waals surface area contributed by atoms with E-state index in [9.17, 15) is 9.59 Å². The van der Waals surface area contributed by atoms with Gasteiger partial charge in [0.25, 0.3) is 0 Å². The van der Waals surface area contributed by atoms with Crippen molar-refractivity contribution in [2.75, 3.05) is 26.9 Å². The Hall–Kier alpha value is -4.44. The second-order valence-corrected chi connectivity index (χ2v) is 17.8. The number of carbonyl (C=O) groups is 2. The Bertz CT molecular complexity index is 2010. The summed E-state index contributed by atoms with van der Waals surface area (Å²) in [4.78, 5) is 45.8. The molecular formula is C46H60N6O4. The van der Waals surface area contributed by atoms with Crippen LogP contribution in [-0.4, -0.2) is 69.7 Å². The zero-order chi connectivity index (χ0) is 39.0. The second kappa shape index (κ2) is 16.2. The number of aromatic amines is 2. The highest BCUT2D eigenvalue weighted by Gasteiger charge is 2.50. The molecule has 10 nitrogen and oxygen atoms in total. The topological polar surface area (TPSA) is 125 Å². The van der Waals surface area contributed by atoms with Crippen LogP contribution in [0.1, 0.15) is 120 Å². The lowest BCUT2D eigenvalue weighted by molar-refractivity contribution is -0.136. The zero-order valence-electron chi connectivity index (χ0n) is 34.0. The van der Waals surface area contributed by atoms with Crippen LogP contribution >= 0.6 is 0 Å². The van der Waals surface area contributed by atoms with Crippen molar-refractivity contribution in [3.63, 3.8) is 0 Å². The highest BCUT2D eigenvalue weighted by Crippen LogP contribution is 2.48. The average molecular weight is 761 g/mol. The van der Waals surface area contributed by atoms with E-state index in [0.29, 0.717) is 19.1 Å². The Morgan fingerprint density at radius 2 is 1.79 bits per heavy atom. The van der Waals surface area contributed by atoms with Crippen LogP contribution in [0.15, 0.2) is 48.7 Å². The van der Waals surface area contributed by atoms with Crippen molar-refractivity contribution >= 4 is 12.0 Å². The molecule has 3 fully saturated rings. The summed E-state index contributed by atoms with van der Waals surface area (Å²) in [6.45, 7) is 10.6. The Kier molecular flexibility index (Phi) is 11.1. The smallest absolute Gasteiger partial charge is 0.407 e. The summed E-state index contributed by atoms with van der Waals surface area (Å²) in [6, 6.07) is 14.6. The van der Waals surface area contributed by atoms with Gasteiger partial charge in [-0.3, -0.25) is 4.79 Å². The number of amides is 2. The van der Waals surface area contributed by atoms with Crippen LogP contribution in [0, 0.1) is 23.2 Å². The highest BCUT2D eigenvalue weighted by molar-refractivity contribution is 5.86. The SMILES string of the molecule is COC(=O)N[C@H](C(=O)N1C[C@]2(CCCOC2)C[C@H]1c1ncc(-c2ccc(-c3ccc4c(c3)CCCc3[nH]c([C@@H](C)C[C@@H]5CCCC[C@@H]5C)nc3-4)cc2)[nH]1)C(C)C. The first-order valence-corrected chi connectivity index (χ1v) is 21.2. The van der Waals surface area contributed by atoms with Crippen molar-refractivity contribution in [3.05, 3.63) is 71.6 Å². The maximum Gasteiger partial charge on any atom is 0.407 e. The van der Waals surface area contributed by atoms with Crippen molar-refractivity contribution in [1.29, 1.82) is 0 Å². The molecular weight excluding hydrogens is 701 g/mol. The predicted molar refractivity (Wildman–Crippen MR) is 219 cm³/mol. The summed E-state index contributed by atoms with van der Waals surface area (Å²) in [5, 5.41) is 2.78. The standard InChI is InChI=1S/C46H60N6O4/c1-28(2)40(51-45(54)55-5)44(53)52-26-46(20-9-21-56-27-46)24-39(52)43-47-25-38(49-43)32-16-14-31(15-17-32)34-18-19-36-35(23-34)12-8-13-37-41(36)50-42(48-37)30(4)22-33-11-7-6-10-29(33)3/h14-19,23,25,28-30,33,39-40H,6-13,20-22,24,26-27H2,1-5H3,(H,47,49)(H,48,50)(H,51,54)/t29-,30-,33-,39-,40-,46-/m0/s1. The van der Waals surface area contributed by atoms with E-state index >= 15 is 0 Å². The van der Waals surface area contributed by atoms with Gasteiger partial charge in [-0.15, -0.1) is 0 Å². The number of nitrogens with one attached hydrogen (secondary N) is 3. The fourth-order valence-electron chi connectivity index (χ4n) is 10.1. The van der Waals surface area contributed by atoms with E-state index in [2.05, 4.69) is 71.6 Å². The van der Waals surface area contributed by atoms with Crippen molar-refractivity contribution in [2.24, 2.45) is 23.2 Å². The molecule has 6 atom stereocenters. The van der Waals surface area contributed by atoms with Gasteiger partial charge in [-0.25, -0.2) is 14.8 Å². The number of imidazole rings is 2. The number of aryl methyl sites for hydroxylation is 2. The highest BCUT2D eigenvalue weighted by atomic mass is 16.5. The molecule has 8 rings (SSSR count). The molecule has 2 saturated heterocycles. The van der Waals surface area contributed by atoms with Crippen LogP contribution in [0.3, 0.4) is 0 Å². The Balaban J connectivity index is 0.995. The van der Waals surface area contributed by atoms with Crippen LogP contribution in [0.5, 0.6) is 0 Å². The van der Waals surface area contributed by atoms with Gasteiger partial charge in [0.05, 0.1) is 37.3 Å². The minimum atomic E-state index is -0.706. The number of fused-ring (bicyclic) bond motifs is 3. The van der Waals surface area contributed by atoms with Crippen LogP contribution < -0.4 is 5.32 Å². The summed E-state index contributed by atoms with van der Waals surface area (Å²) >= 11 is 0. The van der Waals surface area contributed by atoms with Crippen LogP contribution in [0.2, 0.25) is 0 Å². The number of aromatic nitrogens is 4. The molecule has 2 aliphatic carbocycles. The van der Waals surface area contributed by atoms with E-state index < -0.39 is 12.1 Å². The minimum Gasteiger partial charge on any atom is -0.453 e. The summed E-state index contributed by atoms with van der Waals surface area (Å²) in [5.41, 5.74) is 9.26. The molecule has 10 heteroatoms. The fraction of sp³-hybridized carbons (Fsp3) is 0.565. The summed E-state index contributed by atoms with van der Waals surface area (Å²) in [5.74, 6) is 3.74. The van der Waals surface area contributed by atoms with Crippen LogP contribution in [-0.2, 0) is 27.1 Å². The van der Waals surface area contributed by atoms with Crippen LogP contribution in [0.4, 0.5) is 4.79 Å². The van der Waals surface area contributed by atoms with Gasteiger partial charge in [0.2, 0.25) is 5.91 Å². The van der Waals surface area contributed by atoms with Gasteiger partial charge in [-0.05, 0) is 85.0 Å². The normalized spacial score (nSPS) is 24.7. The lowest BCUT2D eigenvalue weighted by Crippen LogP contribution is -2.51. The number of ether oxygens (including phenoxy) is 2. The molecule has 4 heterocycles. The summed E-state index contributed by atoms with van der Waals surface area (Å²) in [7, 11) is 1.32. The predicted octanol–water partition coefficient (Wildman–Crippen LogP) is 9.39. The van der Waals surface area contributed by atoms with E-state index in [-0.39, 0.29) is 23.3 Å². The van der Waals surface area contributed by atoms with Crippen molar-refractivity contribution in [1.82, 2.24) is 30.2 Å². The average Bonchev–Trinajstić information content (AvgIpc) is 3.93. The molecule has 0 bridgehead atoms. The monoisotopic (exact) mass is 760 g/mol. The Labute approximate surface area is 332 Å². The van der Waals surface area contributed by atoms with E-state index in [1.165, 1.54) is 67.2 Å². The third-order valence-electron chi connectivity index (χ3n) is 13.5. The molecule has 1 saturated carbocycles. The number of alkyl carbamates (subject to hydrolysis) is 1. The Morgan fingerprint density at radius 1 is 1.00 bits per heavy atom. The molecule has 4 aliphatic rings. The molecule has 56 heavy (non-hydrogen) atoms. The molecule has 1 spiro atoms. The van der Waals surface area contributed by atoms with Crippen molar-refractivity contribution in [3.8, 4) is 33.6 Å². The van der Waals surface area contributed by atoms with E-state index in [0.717, 1.165) is 85.6 Å². The molecule has 298 valence electrons. The lowest BCUT2D eigenvalue weighted by Gasteiger charge is -2.33. The number of rotatable bonds is 9. The molecule has 2 amide bonds. The number of carbonyl (C=O) groups excluding carboxylic acids is 2. The number of hydrogen-bond acceptors (Lipinski definition) is 6. The molecule has 2 aromatic heterocycles. The third-order valence-corrected chi connectivity index (χ3v) is 13.5. The van der Waals surface area contributed by atoms with Gasteiger partial charge >= 0.3 is 6.09 Å². The first kappa shape index (κ1) is 38.4. The lowest BCUT2D eigenvalue weighted by atomic mass is 9.76. The first-order chi connectivity index (χ1) is 27.1. The first-order valence-electron chi connectivity index (χ1n) is 21.2. The molecule has 2 aromatic carbocycles. The molecule has 3 N–H and O–H groups in total. The summed E-state index contributed by atoms with van der Waals surface area (Å²) in [6.07, 6.45) is 13.9. The number of methoxy groups -OCH3 is 1. The van der Waals surface area contributed by atoms with Crippen LogP contribution in [0.25, 0.3) is 33.6 Å². The quantitative estimate of drug-likeness (QED) is 0.156.